The first-order valence-electron chi connectivity index (χ1n) is 7.34. The fourth-order valence-electron chi connectivity index (χ4n) is 2.33. The SMILES string of the molecule is N#CC(C#N)=c1s/c(=C/c2ccco2)c(=O)n1-c1cccc(C(F)(F)F)c1. The van der Waals surface area contributed by atoms with Gasteiger partial charge in [0.2, 0.25) is 0 Å². The molecule has 1 aromatic carbocycles. The van der Waals surface area contributed by atoms with E-state index >= 15 is 0 Å². The highest BCUT2D eigenvalue weighted by Gasteiger charge is 2.30. The van der Waals surface area contributed by atoms with E-state index in [0.717, 1.165) is 34.1 Å². The Hall–Kier alpha value is -3.56. The third-order valence-corrected chi connectivity index (χ3v) is 4.60. The average molecular weight is 387 g/mol. The summed E-state index contributed by atoms with van der Waals surface area (Å²) in [4.78, 5) is 12.8. The van der Waals surface area contributed by atoms with Gasteiger partial charge in [-0.1, -0.05) is 6.07 Å². The molecule has 3 rings (SSSR count). The highest BCUT2D eigenvalue weighted by Crippen LogP contribution is 2.29. The summed E-state index contributed by atoms with van der Waals surface area (Å²) in [5, 5.41) is 18.3. The van der Waals surface area contributed by atoms with E-state index in [0.29, 0.717) is 5.76 Å². The van der Waals surface area contributed by atoms with E-state index in [1.165, 1.54) is 18.4 Å². The molecule has 0 aliphatic rings. The molecule has 0 aliphatic carbocycles. The van der Waals surface area contributed by atoms with Crippen LogP contribution in [0.5, 0.6) is 0 Å². The molecule has 9 heteroatoms. The Labute approximate surface area is 153 Å². The number of halogens is 3. The molecule has 3 aromatic rings. The normalized spacial score (nSPS) is 11.8. The van der Waals surface area contributed by atoms with Crippen LogP contribution in [-0.2, 0) is 6.18 Å². The van der Waals surface area contributed by atoms with Gasteiger partial charge in [0.15, 0.2) is 5.57 Å². The highest BCUT2D eigenvalue weighted by molar-refractivity contribution is 7.07. The number of nitrogens with zero attached hydrogens (tertiary/aromatic N) is 3. The van der Waals surface area contributed by atoms with E-state index < -0.39 is 17.3 Å². The fourth-order valence-corrected chi connectivity index (χ4v) is 3.36. The number of rotatable bonds is 2. The lowest BCUT2D eigenvalue weighted by atomic mass is 10.2. The third-order valence-electron chi connectivity index (χ3n) is 3.51. The Morgan fingerprint density at radius 1 is 1.19 bits per heavy atom. The van der Waals surface area contributed by atoms with Crippen molar-refractivity contribution in [3.63, 3.8) is 0 Å². The summed E-state index contributed by atoms with van der Waals surface area (Å²) in [5.41, 5.74) is -2.08. The summed E-state index contributed by atoms with van der Waals surface area (Å²) in [6, 6.07) is 10.7. The van der Waals surface area contributed by atoms with Crippen molar-refractivity contribution >= 4 is 23.0 Å². The van der Waals surface area contributed by atoms with Gasteiger partial charge < -0.3 is 4.42 Å². The first-order chi connectivity index (χ1) is 12.8. The minimum absolute atomic E-state index is 0.0536. The van der Waals surface area contributed by atoms with Gasteiger partial charge in [0.25, 0.3) is 5.56 Å². The summed E-state index contributed by atoms with van der Waals surface area (Å²) in [6.45, 7) is 0. The first-order valence-corrected chi connectivity index (χ1v) is 8.16. The number of benzene rings is 1. The number of nitriles is 2. The zero-order valence-electron chi connectivity index (χ0n) is 13.3. The van der Waals surface area contributed by atoms with Crippen LogP contribution in [0.1, 0.15) is 11.3 Å². The van der Waals surface area contributed by atoms with Crippen LogP contribution in [-0.4, -0.2) is 4.57 Å². The molecule has 27 heavy (non-hydrogen) atoms. The van der Waals surface area contributed by atoms with Crippen molar-refractivity contribution in [2.24, 2.45) is 0 Å². The summed E-state index contributed by atoms with van der Waals surface area (Å²) >= 11 is 0.821. The third kappa shape index (κ3) is 3.54. The van der Waals surface area contributed by atoms with E-state index in [4.69, 9.17) is 14.9 Å². The van der Waals surface area contributed by atoms with Crippen LogP contribution >= 0.6 is 11.3 Å². The first kappa shape index (κ1) is 18.2. The number of thiazole rings is 1. The standard InChI is InChI=1S/C18H8F3N3O2S/c19-18(20,21)12-3-1-4-13(7-12)24-16(25)15(8-14-5-2-6-26-14)27-17(24)11(9-22)10-23/h1-8H/b15-8+. The molecule has 0 bridgehead atoms. The Balaban J connectivity index is 2.39. The molecule has 0 radical (unpaired) electrons. The molecular formula is C18H8F3N3O2S. The van der Waals surface area contributed by atoms with Crippen molar-refractivity contribution in [3.05, 3.63) is 73.5 Å². The molecule has 2 heterocycles. The molecule has 0 atom stereocenters. The Morgan fingerprint density at radius 3 is 2.52 bits per heavy atom. The maximum atomic E-state index is 13.0. The van der Waals surface area contributed by atoms with Crippen molar-refractivity contribution in [1.82, 2.24) is 4.57 Å². The van der Waals surface area contributed by atoms with Gasteiger partial charge in [0, 0.05) is 6.08 Å². The molecule has 0 spiro atoms. The largest absolute Gasteiger partial charge is 0.465 e. The lowest BCUT2D eigenvalue weighted by molar-refractivity contribution is -0.137. The molecule has 0 saturated heterocycles. The summed E-state index contributed by atoms with van der Waals surface area (Å²) in [5.74, 6) is 0.353. The van der Waals surface area contributed by atoms with Crippen molar-refractivity contribution in [2.75, 3.05) is 0 Å². The second kappa shape index (κ2) is 6.98. The smallest absolute Gasteiger partial charge is 0.416 e. The number of hydrogen-bond acceptors (Lipinski definition) is 5. The maximum absolute atomic E-state index is 13.0. The van der Waals surface area contributed by atoms with Crippen LogP contribution < -0.4 is 14.8 Å². The molecule has 0 aliphatic heterocycles. The molecule has 0 saturated carbocycles. The predicted octanol–water partition coefficient (Wildman–Crippen LogP) is 2.54. The van der Waals surface area contributed by atoms with Crippen molar-refractivity contribution in [2.45, 2.75) is 6.18 Å². The van der Waals surface area contributed by atoms with Gasteiger partial charge in [0.05, 0.1) is 22.0 Å². The van der Waals surface area contributed by atoms with E-state index in [2.05, 4.69) is 0 Å². The van der Waals surface area contributed by atoms with Crippen LogP contribution in [0, 0.1) is 22.7 Å². The van der Waals surface area contributed by atoms with Crippen LogP contribution in [0.15, 0.2) is 51.9 Å². The van der Waals surface area contributed by atoms with E-state index in [1.807, 2.05) is 0 Å². The van der Waals surface area contributed by atoms with Crippen molar-refractivity contribution in [3.8, 4) is 17.8 Å². The second-order valence-corrected chi connectivity index (χ2v) is 6.25. The summed E-state index contributed by atoms with van der Waals surface area (Å²) in [7, 11) is 0. The van der Waals surface area contributed by atoms with Gasteiger partial charge in [-0.25, -0.2) is 0 Å². The molecule has 0 fully saturated rings. The quantitative estimate of drug-likeness (QED) is 0.677. The number of aromatic nitrogens is 1. The van der Waals surface area contributed by atoms with E-state index in [-0.39, 0.29) is 20.5 Å². The maximum Gasteiger partial charge on any atom is 0.416 e. The van der Waals surface area contributed by atoms with Gasteiger partial charge in [-0.05, 0) is 30.3 Å². The molecule has 5 nitrogen and oxygen atoms in total. The molecule has 0 N–H and O–H groups in total. The molecular weight excluding hydrogens is 379 g/mol. The topological polar surface area (TPSA) is 82.7 Å². The second-order valence-electron chi connectivity index (χ2n) is 5.22. The number of alkyl halides is 3. The zero-order valence-corrected chi connectivity index (χ0v) is 14.1. The Bertz CT molecular complexity index is 1240. The molecule has 0 unspecified atom stereocenters. The van der Waals surface area contributed by atoms with Gasteiger partial charge in [-0.2, -0.15) is 23.7 Å². The monoisotopic (exact) mass is 387 g/mol. The van der Waals surface area contributed by atoms with Crippen LogP contribution in [0.4, 0.5) is 13.2 Å². The minimum atomic E-state index is -4.60. The predicted molar refractivity (Wildman–Crippen MR) is 91.1 cm³/mol. The number of hydrogen-bond donors (Lipinski definition) is 0. The van der Waals surface area contributed by atoms with Crippen molar-refractivity contribution < 1.29 is 17.6 Å². The van der Waals surface area contributed by atoms with Gasteiger partial charge >= 0.3 is 6.18 Å². The van der Waals surface area contributed by atoms with Gasteiger partial charge in [-0.15, -0.1) is 11.3 Å². The van der Waals surface area contributed by atoms with Crippen molar-refractivity contribution in [1.29, 1.82) is 10.5 Å². The lowest BCUT2D eigenvalue weighted by Gasteiger charge is -2.09. The van der Waals surface area contributed by atoms with E-state index in [1.54, 1.807) is 24.3 Å². The van der Waals surface area contributed by atoms with Gasteiger partial charge in [-0.3, -0.25) is 9.36 Å². The zero-order chi connectivity index (χ0) is 19.6. The highest BCUT2D eigenvalue weighted by atomic mass is 32.1. The van der Waals surface area contributed by atoms with Crippen LogP contribution in [0.25, 0.3) is 17.3 Å². The fraction of sp³-hybridized carbons (Fsp3) is 0.0556. The van der Waals surface area contributed by atoms with Crippen LogP contribution in [0.3, 0.4) is 0 Å². The number of furan rings is 1. The molecule has 134 valence electrons. The Morgan fingerprint density at radius 2 is 1.93 bits per heavy atom. The van der Waals surface area contributed by atoms with Gasteiger partial charge in [0.1, 0.15) is 22.6 Å². The summed E-state index contributed by atoms with van der Waals surface area (Å²) in [6.07, 6.45) is -1.81. The van der Waals surface area contributed by atoms with Crippen LogP contribution in [0.2, 0.25) is 0 Å². The lowest BCUT2D eigenvalue weighted by Crippen LogP contribution is -2.30. The Kier molecular flexibility index (Phi) is 4.72. The average Bonchev–Trinajstić information content (AvgIpc) is 3.25. The summed E-state index contributed by atoms with van der Waals surface area (Å²) < 4.78 is 45.2. The van der Waals surface area contributed by atoms with E-state index in [9.17, 15) is 18.0 Å². The molecule has 0 amide bonds. The molecule has 2 aromatic heterocycles. The minimum Gasteiger partial charge on any atom is -0.465 e.